The van der Waals surface area contributed by atoms with Crippen molar-refractivity contribution in [1.82, 2.24) is 10.6 Å². The second-order valence-electron chi connectivity index (χ2n) is 5.09. The molecule has 0 saturated carbocycles. The predicted octanol–water partition coefficient (Wildman–Crippen LogP) is 1.75. The third-order valence-corrected chi connectivity index (χ3v) is 3.51. The number of carbonyl (C=O) groups is 2. The van der Waals surface area contributed by atoms with Gasteiger partial charge in [0.2, 0.25) is 5.91 Å². The molecular weight excluding hydrogens is 256 g/mol. The van der Waals surface area contributed by atoms with Crippen LogP contribution in [0.4, 0.5) is 0 Å². The van der Waals surface area contributed by atoms with Crippen molar-refractivity contribution in [1.29, 1.82) is 0 Å². The van der Waals surface area contributed by atoms with Gasteiger partial charge in [-0.25, -0.2) is 0 Å². The van der Waals surface area contributed by atoms with Crippen LogP contribution in [0.3, 0.4) is 0 Å². The fourth-order valence-corrected chi connectivity index (χ4v) is 2.51. The van der Waals surface area contributed by atoms with Gasteiger partial charge in [0.25, 0.3) is 5.91 Å². The predicted molar refractivity (Wildman–Crippen MR) is 74.4 cm³/mol. The van der Waals surface area contributed by atoms with E-state index in [0.29, 0.717) is 24.1 Å². The molecule has 2 amide bonds. The van der Waals surface area contributed by atoms with Crippen molar-refractivity contribution in [2.75, 3.05) is 6.54 Å². The first kappa shape index (κ1) is 12.7. The number of hydrogen-bond acceptors (Lipinski definition) is 3. The molecule has 2 aromatic rings. The lowest BCUT2D eigenvalue weighted by Crippen LogP contribution is -2.38. The number of rotatable bonds is 3. The lowest BCUT2D eigenvalue weighted by Gasteiger charge is -2.11. The molecule has 0 bridgehead atoms. The number of amides is 2. The standard InChI is InChI=1S/C15H16N2O3/c1-9-7-10-3-2-4-12(14(10)20-9)15(19)16-8-11-5-6-13(18)17-11/h2-4,7,11H,5-6,8H2,1H3,(H,16,19)(H,17,18). The third kappa shape index (κ3) is 2.39. The van der Waals surface area contributed by atoms with Crippen molar-refractivity contribution >= 4 is 22.8 Å². The van der Waals surface area contributed by atoms with Crippen molar-refractivity contribution in [3.8, 4) is 0 Å². The zero-order valence-electron chi connectivity index (χ0n) is 11.2. The number of fused-ring (bicyclic) bond motifs is 1. The Morgan fingerprint density at radius 2 is 2.35 bits per heavy atom. The molecule has 1 fully saturated rings. The lowest BCUT2D eigenvalue weighted by molar-refractivity contribution is -0.119. The van der Waals surface area contributed by atoms with E-state index in [0.717, 1.165) is 17.6 Å². The molecule has 0 aliphatic carbocycles. The summed E-state index contributed by atoms with van der Waals surface area (Å²) >= 11 is 0. The number of carbonyl (C=O) groups excluding carboxylic acids is 2. The number of benzene rings is 1. The first-order valence-corrected chi connectivity index (χ1v) is 6.70. The minimum atomic E-state index is -0.175. The van der Waals surface area contributed by atoms with Gasteiger partial charge in [0.05, 0.1) is 5.56 Å². The van der Waals surface area contributed by atoms with E-state index in [-0.39, 0.29) is 17.9 Å². The van der Waals surface area contributed by atoms with E-state index < -0.39 is 0 Å². The first-order chi connectivity index (χ1) is 9.63. The van der Waals surface area contributed by atoms with Gasteiger partial charge in [-0.15, -0.1) is 0 Å². The van der Waals surface area contributed by atoms with Crippen molar-refractivity contribution in [2.24, 2.45) is 0 Å². The molecule has 5 nitrogen and oxygen atoms in total. The number of nitrogens with one attached hydrogen (secondary N) is 2. The quantitative estimate of drug-likeness (QED) is 0.894. The minimum Gasteiger partial charge on any atom is -0.461 e. The van der Waals surface area contributed by atoms with Gasteiger partial charge < -0.3 is 15.1 Å². The van der Waals surface area contributed by atoms with E-state index in [1.165, 1.54) is 0 Å². The Labute approximate surface area is 116 Å². The summed E-state index contributed by atoms with van der Waals surface area (Å²) in [5.74, 6) is 0.655. The summed E-state index contributed by atoms with van der Waals surface area (Å²) in [6.07, 6.45) is 1.30. The summed E-state index contributed by atoms with van der Waals surface area (Å²) in [6, 6.07) is 7.43. The van der Waals surface area contributed by atoms with Crippen LogP contribution in [0.1, 0.15) is 29.0 Å². The number of hydrogen-bond donors (Lipinski definition) is 2. The molecule has 2 N–H and O–H groups in total. The van der Waals surface area contributed by atoms with Gasteiger partial charge in [0.15, 0.2) is 0 Å². The van der Waals surface area contributed by atoms with Crippen LogP contribution in [-0.2, 0) is 4.79 Å². The van der Waals surface area contributed by atoms with Crippen LogP contribution in [0.15, 0.2) is 28.7 Å². The fraction of sp³-hybridized carbons (Fsp3) is 0.333. The average molecular weight is 272 g/mol. The minimum absolute atomic E-state index is 0.0315. The molecule has 104 valence electrons. The second kappa shape index (κ2) is 5.00. The molecule has 1 aromatic heterocycles. The van der Waals surface area contributed by atoms with Gasteiger partial charge in [-0.2, -0.15) is 0 Å². The van der Waals surface area contributed by atoms with Gasteiger partial charge >= 0.3 is 0 Å². The Morgan fingerprint density at radius 3 is 3.10 bits per heavy atom. The molecule has 1 saturated heterocycles. The maximum Gasteiger partial charge on any atom is 0.255 e. The van der Waals surface area contributed by atoms with Crippen LogP contribution in [-0.4, -0.2) is 24.4 Å². The van der Waals surface area contributed by atoms with Crippen LogP contribution in [0.2, 0.25) is 0 Å². The Hall–Kier alpha value is -2.30. The summed E-state index contributed by atoms with van der Waals surface area (Å²) < 4.78 is 5.58. The molecule has 3 rings (SSSR count). The van der Waals surface area contributed by atoms with Crippen LogP contribution in [0.25, 0.3) is 11.0 Å². The highest BCUT2D eigenvalue weighted by Crippen LogP contribution is 2.22. The normalized spacial score (nSPS) is 18.2. The monoisotopic (exact) mass is 272 g/mol. The maximum absolute atomic E-state index is 12.2. The van der Waals surface area contributed by atoms with Gasteiger partial charge in [-0.3, -0.25) is 9.59 Å². The topological polar surface area (TPSA) is 71.3 Å². The van der Waals surface area contributed by atoms with Crippen molar-refractivity contribution in [2.45, 2.75) is 25.8 Å². The van der Waals surface area contributed by atoms with Gasteiger partial charge in [-0.05, 0) is 25.5 Å². The second-order valence-corrected chi connectivity index (χ2v) is 5.09. The van der Waals surface area contributed by atoms with Crippen LogP contribution in [0, 0.1) is 6.92 Å². The highest BCUT2D eigenvalue weighted by molar-refractivity contribution is 6.05. The molecule has 1 unspecified atom stereocenters. The highest BCUT2D eigenvalue weighted by atomic mass is 16.3. The van der Waals surface area contributed by atoms with Gasteiger partial charge in [0.1, 0.15) is 11.3 Å². The van der Waals surface area contributed by atoms with E-state index in [9.17, 15) is 9.59 Å². The Kier molecular flexibility index (Phi) is 3.18. The van der Waals surface area contributed by atoms with Gasteiger partial charge in [0, 0.05) is 24.4 Å². The molecule has 1 atom stereocenters. The number of para-hydroxylation sites is 1. The average Bonchev–Trinajstić information content (AvgIpc) is 3.00. The summed E-state index contributed by atoms with van der Waals surface area (Å²) in [4.78, 5) is 23.3. The van der Waals surface area contributed by atoms with Crippen LogP contribution >= 0.6 is 0 Å². The summed E-state index contributed by atoms with van der Waals surface area (Å²) in [5, 5.41) is 6.59. The van der Waals surface area contributed by atoms with Crippen LogP contribution in [0.5, 0.6) is 0 Å². The number of aryl methyl sites for hydroxylation is 1. The molecule has 2 heterocycles. The third-order valence-electron chi connectivity index (χ3n) is 3.51. The summed E-state index contributed by atoms with van der Waals surface area (Å²) in [5.41, 5.74) is 1.14. The first-order valence-electron chi connectivity index (χ1n) is 6.70. The van der Waals surface area contributed by atoms with E-state index >= 15 is 0 Å². The van der Waals surface area contributed by atoms with Crippen molar-refractivity contribution in [3.63, 3.8) is 0 Å². The van der Waals surface area contributed by atoms with E-state index in [4.69, 9.17) is 4.42 Å². The van der Waals surface area contributed by atoms with Crippen molar-refractivity contribution < 1.29 is 14.0 Å². The Bertz CT molecular complexity index is 675. The summed E-state index contributed by atoms with van der Waals surface area (Å²) in [7, 11) is 0. The summed E-state index contributed by atoms with van der Waals surface area (Å²) in [6.45, 7) is 2.30. The van der Waals surface area contributed by atoms with E-state index in [2.05, 4.69) is 10.6 Å². The Morgan fingerprint density at radius 1 is 1.50 bits per heavy atom. The molecule has 0 radical (unpaired) electrons. The molecular formula is C15H16N2O3. The van der Waals surface area contributed by atoms with Crippen LogP contribution < -0.4 is 10.6 Å². The lowest BCUT2D eigenvalue weighted by atomic mass is 10.1. The maximum atomic E-state index is 12.2. The zero-order valence-corrected chi connectivity index (χ0v) is 11.2. The molecule has 5 heteroatoms. The van der Waals surface area contributed by atoms with E-state index in [1.54, 1.807) is 6.07 Å². The molecule has 1 aliphatic rings. The molecule has 0 spiro atoms. The smallest absolute Gasteiger partial charge is 0.255 e. The molecule has 1 aromatic carbocycles. The van der Waals surface area contributed by atoms with E-state index in [1.807, 2.05) is 25.1 Å². The SMILES string of the molecule is Cc1cc2cccc(C(=O)NCC3CCC(=O)N3)c2o1. The largest absolute Gasteiger partial charge is 0.461 e. The zero-order chi connectivity index (χ0) is 14.1. The number of furan rings is 1. The fourth-order valence-electron chi connectivity index (χ4n) is 2.51. The molecule has 1 aliphatic heterocycles. The highest BCUT2D eigenvalue weighted by Gasteiger charge is 2.21. The Balaban J connectivity index is 1.74. The van der Waals surface area contributed by atoms with Crippen molar-refractivity contribution in [3.05, 3.63) is 35.6 Å². The van der Waals surface area contributed by atoms with Gasteiger partial charge in [-0.1, -0.05) is 12.1 Å². The molecule has 20 heavy (non-hydrogen) atoms.